The van der Waals surface area contributed by atoms with Gasteiger partial charge < -0.3 is 14.8 Å². The number of ether oxygens (including phenoxy) is 2. The molecule has 0 amide bonds. The molecular formula is C10H13BrN2O2. The normalized spacial score (nSPS) is 21.3. The fourth-order valence-corrected chi connectivity index (χ4v) is 1.59. The topological polar surface area (TPSA) is 43.4 Å². The van der Waals surface area contributed by atoms with E-state index in [1.165, 1.54) is 0 Å². The van der Waals surface area contributed by atoms with Crippen molar-refractivity contribution in [2.24, 2.45) is 0 Å². The second-order valence-corrected chi connectivity index (χ2v) is 4.23. The molecule has 1 unspecified atom stereocenters. The largest absolute Gasteiger partial charge is 0.376 e. The summed E-state index contributed by atoms with van der Waals surface area (Å²) in [7, 11) is 0. The average Bonchev–Trinajstić information content (AvgIpc) is 2.30. The minimum atomic E-state index is 0.129. The molecule has 1 aromatic rings. The van der Waals surface area contributed by atoms with Gasteiger partial charge >= 0.3 is 0 Å². The molecule has 15 heavy (non-hydrogen) atoms. The molecule has 1 fully saturated rings. The van der Waals surface area contributed by atoms with Crippen molar-refractivity contribution in [3.05, 3.63) is 22.8 Å². The Morgan fingerprint density at radius 1 is 1.47 bits per heavy atom. The van der Waals surface area contributed by atoms with Crippen LogP contribution < -0.4 is 5.32 Å². The van der Waals surface area contributed by atoms with E-state index in [0.717, 1.165) is 16.8 Å². The predicted octanol–water partition coefficient (Wildman–Crippen LogP) is 1.67. The number of pyridine rings is 1. The van der Waals surface area contributed by atoms with Crippen molar-refractivity contribution in [3.8, 4) is 0 Å². The number of nitrogens with zero attached hydrogens (tertiary/aromatic N) is 1. The lowest BCUT2D eigenvalue weighted by atomic mass is 10.3. The molecular weight excluding hydrogens is 260 g/mol. The van der Waals surface area contributed by atoms with E-state index in [1.807, 2.05) is 12.1 Å². The van der Waals surface area contributed by atoms with E-state index in [0.29, 0.717) is 19.8 Å². The summed E-state index contributed by atoms with van der Waals surface area (Å²) in [6.07, 6.45) is 1.89. The molecule has 0 bridgehead atoms. The van der Waals surface area contributed by atoms with Crippen LogP contribution in [-0.4, -0.2) is 37.5 Å². The van der Waals surface area contributed by atoms with Gasteiger partial charge in [0.25, 0.3) is 0 Å². The molecule has 1 aliphatic rings. The van der Waals surface area contributed by atoms with Gasteiger partial charge in [-0.15, -0.1) is 0 Å². The molecule has 1 atom stereocenters. The zero-order valence-electron chi connectivity index (χ0n) is 8.28. The van der Waals surface area contributed by atoms with Crippen molar-refractivity contribution in [2.75, 3.05) is 31.7 Å². The van der Waals surface area contributed by atoms with E-state index in [4.69, 9.17) is 9.47 Å². The van der Waals surface area contributed by atoms with Crippen LogP contribution in [0.15, 0.2) is 22.8 Å². The van der Waals surface area contributed by atoms with Crippen molar-refractivity contribution in [1.82, 2.24) is 4.98 Å². The van der Waals surface area contributed by atoms with Crippen LogP contribution >= 0.6 is 15.9 Å². The molecule has 2 heterocycles. The lowest BCUT2D eigenvalue weighted by molar-refractivity contribution is -0.0819. The van der Waals surface area contributed by atoms with Crippen LogP contribution in [0.25, 0.3) is 0 Å². The maximum absolute atomic E-state index is 5.50. The van der Waals surface area contributed by atoms with E-state index in [9.17, 15) is 0 Å². The fraction of sp³-hybridized carbons (Fsp3) is 0.500. The average molecular weight is 273 g/mol. The van der Waals surface area contributed by atoms with Crippen LogP contribution in [0.1, 0.15) is 0 Å². The Kier molecular flexibility index (Phi) is 3.94. The van der Waals surface area contributed by atoms with E-state index < -0.39 is 0 Å². The van der Waals surface area contributed by atoms with Gasteiger partial charge in [-0.3, -0.25) is 0 Å². The van der Waals surface area contributed by atoms with Gasteiger partial charge in [-0.25, -0.2) is 4.98 Å². The summed E-state index contributed by atoms with van der Waals surface area (Å²) >= 11 is 3.34. The van der Waals surface area contributed by atoms with Crippen molar-refractivity contribution in [1.29, 1.82) is 0 Å². The Morgan fingerprint density at radius 2 is 2.40 bits per heavy atom. The van der Waals surface area contributed by atoms with Gasteiger partial charge in [0.1, 0.15) is 5.82 Å². The molecule has 0 saturated carbocycles. The number of hydrogen-bond donors (Lipinski definition) is 1. The Bertz CT molecular complexity index is 299. The van der Waals surface area contributed by atoms with Crippen molar-refractivity contribution in [3.63, 3.8) is 0 Å². The Hall–Kier alpha value is -0.650. The van der Waals surface area contributed by atoms with Gasteiger partial charge in [0.15, 0.2) is 0 Å². The van der Waals surface area contributed by atoms with E-state index in [-0.39, 0.29) is 6.10 Å². The highest BCUT2D eigenvalue weighted by atomic mass is 79.9. The Balaban J connectivity index is 1.79. The minimum Gasteiger partial charge on any atom is -0.376 e. The summed E-state index contributed by atoms with van der Waals surface area (Å²) in [5.74, 6) is 0.854. The highest BCUT2D eigenvalue weighted by Crippen LogP contribution is 2.11. The molecule has 2 rings (SSSR count). The van der Waals surface area contributed by atoms with Crippen molar-refractivity contribution >= 4 is 21.7 Å². The molecule has 0 spiro atoms. The smallest absolute Gasteiger partial charge is 0.126 e. The SMILES string of the molecule is Brc1ccc(NCC2COCCO2)nc1. The van der Waals surface area contributed by atoms with Gasteiger partial charge in [-0.2, -0.15) is 0 Å². The Labute approximate surface area is 97.1 Å². The lowest BCUT2D eigenvalue weighted by Gasteiger charge is -2.23. The molecule has 0 aromatic carbocycles. The first-order valence-corrected chi connectivity index (χ1v) is 5.68. The van der Waals surface area contributed by atoms with Crippen molar-refractivity contribution in [2.45, 2.75) is 6.10 Å². The highest BCUT2D eigenvalue weighted by Gasteiger charge is 2.13. The molecule has 1 saturated heterocycles. The summed E-state index contributed by atoms with van der Waals surface area (Å²) < 4.78 is 11.8. The molecule has 0 aliphatic carbocycles. The highest BCUT2D eigenvalue weighted by molar-refractivity contribution is 9.10. The first-order valence-electron chi connectivity index (χ1n) is 4.89. The van der Waals surface area contributed by atoms with Crippen molar-refractivity contribution < 1.29 is 9.47 Å². The molecule has 82 valence electrons. The third-order valence-corrected chi connectivity index (χ3v) is 2.59. The molecule has 4 nitrogen and oxygen atoms in total. The number of nitrogens with one attached hydrogen (secondary N) is 1. The number of anilines is 1. The zero-order chi connectivity index (χ0) is 10.5. The molecule has 0 radical (unpaired) electrons. The van der Waals surface area contributed by atoms with Crippen LogP contribution in [-0.2, 0) is 9.47 Å². The van der Waals surface area contributed by atoms with Gasteiger partial charge in [0.05, 0.1) is 25.9 Å². The van der Waals surface area contributed by atoms with Crippen LogP contribution in [0.5, 0.6) is 0 Å². The number of rotatable bonds is 3. The maximum Gasteiger partial charge on any atom is 0.126 e. The van der Waals surface area contributed by atoms with Gasteiger partial charge in [0.2, 0.25) is 0 Å². The van der Waals surface area contributed by atoms with Crippen LogP contribution in [0.4, 0.5) is 5.82 Å². The third-order valence-electron chi connectivity index (χ3n) is 2.12. The van der Waals surface area contributed by atoms with Crippen LogP contribution in [0.3, 0.4) is 0 Å². The second-order valence-electron chi connectivity index (χ2n) is 3.31. The fourth-order valence-electron chi connectivity index (χ4n) is 1.35. The predicted molar refractivity (Wildman–Crippen MR) is 61.0 cm³/mol. The second kappa shape index (κ2) is 5.44. The molecule has 1 N–H and O–H groups in total. The zero-order valence-corrected chi connectivity index (χ0v) is 9.87. The first-order chi connectivity index (χ1) is 7.34. The van der Waals surface area contributed by atoms with Gasteiger partial charge in [0, 0.05) is 17.2 Å². The monoisotopic (exact) mass is 272 g/mol. The minimum absolute atomic E-state index is 0.129. The van der Waals surface area contributed by atoms with Crippen LogP contribution in [0.2, 0.25) is 0 Å². The van der Waals surface area contributed by atoms with Gasteiger partial charge in [-0.1, -0.05) is 0 Å². The molecule has 5 heteroatoms. The number of halogens is 1. The van der Waals surface area contributed by atoms with E-state index in [2.05, 4.69) is 26.2 Å². The van der Waals surface area contributed by atoms with E-state index >= 15 is 0 Å². The lowest BCUT2D eigenvalue weighted by Crippen LogP contribution is -2.34. The number of hydrogen-bond acceptors (Lipinski definition) is 4. The van der Waals surface area contributed by atoms with Crippen LogP contribution in [0, 0.1) is 0 Å². The summed E-state index contributed by atoms with van der Waals surface area (Å²) in [5.41, 5.74) is 0. The van der Waals surface area contributed by atoms with E-state index in [1.54, 1.807) is 6.20 Å². The maximum atomic E-state index is 5.50. The summed E-state index contributed by atoms with van der Waals surface area (Å²) in [5, 5.41) is 3.20. The third kappa shape index (κ3) is 3.44. The quantitative estimate of drug-likeness (QED) is 0.909. The summed E-state index contributed by atoms with van der Waals surface area (Å²) in [6, 6.07) is 3.88. The molecule has 1 aliphatic heterocycles. The summed E-state index contributed by atoms with van der Waals surface area (Å²) in [6.45, 7) is 2.77. The van der Waals surface area contributed by atoms with Gasteiger partial charge in [-0.05, 0) is 28.1 Å². The molecule has 1 aromatic heterocycles. The standard InChI is InChI=1S/C10H13BrN2O2/c11-8-1-2-10(12-5-8)13-6-9-7-14-3-4-15-9/h1-2,5,9H,3-4,6-7H2,(H,12,13). The summed E-state index contributed by atoms with van der Waals surface area (Å²) in [4.78, 5) is 4.21. The number of aromatic nitrogens is 1. The first kappa shape index (κ1) is 10.9. The Morgan fingerprint density at radius 3 is 3.07 bits per heavy atom.